The van der Waals surface area contributed by atoms with Gasteiger partial charge in [-0.1, -0.05) is 104 Å². The Bertz CT molecular complexity index is 1710. The summed E-state index contributed by atoms with van der Waals surface area (Å²) in [5.41, 5.74) is 0.956. The number of carbonyl (C=O) groups is 3. The van der Waals surface area contributed by atoms with Crippen LogP contribution in [0.4, 0.5) is 0 Å². The van der Waals surface area contributed by atoms with Crippen molar-refractivity contribution in [2.45, 2.75) is 102 Å². The molecule has 0 saturated carbocycles. The minimum absolute atomic E-state index is 0.00912. The maximum atomic E-state index is 12.7. The lowest BCUT2D eigenvalue weighted by Gasteiger charge is -2.52. The van der Waals surface area contributed by atoms with Gasteiger partial charge >= 0.3 is 17.9 Å². The zero-order chi connectivity index (χ0) is 40.8. The highest BCUT2D eigenvalue weighted by Crippen LogP contribution is 2.40. The maximum absolute atomic E-state index is 12.7. The van der Waals surface area contributed by atoms with Gasteiger partial charge in [0.15, 0.2) is 30.4 Å². The molecule has 2 saturated heterocycles. The van der Waals surface area contributed by atoms with Crippen LogP contribution in [0, 0.1) is 0 Å². The molecular weight excluding hydrogens is 740 g/mol. The van der Waals surface area contributed by atoms with Crippen LogP contribution in [0.1, 0.15) is 37.5 Å². The number of benzene rings is 3. The Hall–Kier alpha value is -4.51. The summed E-state index contributed by atoms with van der Waals surface area (Å²) >= 11 is 0. The number of carbonyl (C=O) groups excluding carboxylic acids is 3. The van der Waals surface area contributed by atoms with Crippen molar-refractivity contribution in [2.75, 3.05) is 27.4 Å². The van der Waals surface area contributed by atoms with Gasteiger partial charge in [-0.3, -0.25) is 14.4 Å². The van der Waals surface area contributed by atoms with E-state index in [0.29, 0.717) is 0 Å². The Morgan fingerprint density at radius 2 is 1.19 bits per heavy atom. The molecule has 0 radical (unpaired) electrons. The van der Waals surface area contributed by atoms with Gasteiger partial charge in [-0.2, -0.15) is 0 Å². The number of hydrogen-bond acceptors (Lipinski definition) is 14. The van der Waals surface area contributed by atoms with Gasteiger partial charge in [0.25, 0.3) is 0 Å². The Morgan fingerprint density at radius 1 is 0.649 bits per heavy atom. The highest BCUT2D eigenvalue weighted by molar-refractivity contribution is 5.67. The maximum Gasteiger partial charge on any atom is 0.303 e. The van der Waals surface area contributed by atoms with Crippen molar-refractivity contribution in [3.63, 3.8) is 0 Å². The average Bonchev–Trinajstić information content (AvgIpc) is 3.21. The molecule has 57 heavy (non-hydrogen) atoms. The van der Waals surface area contributed by atoms with E-state index in [9.17, 15) is 14.4 Å². The van der Waals surface area contributed by atoms with Gasteiger partial charge in [-0.15, -0.1) is 0 Å². The summed E-state index contributed by atoms with van der Waals surface area (Å²) in [6, 6.07) is 28.8. The molecule has 2 aliphatic rings. The van der Waals surface area contributed by atoms with Crippen LogP contribution < -0.4 is 0 Å². The minimum Gasteiger partial charge on any atom is -0.462 e. The van der Waals surface area contributed by atoms with E-state index in [2.05, 4.69) is 6.58 Å². The van der Waals surface area contributed by atoms with E-state index < -0.39 is 85.4 Å². The summed E-state index contributed by atoms with van der Waals surface area (Å²) in [6.07, 6.45) is -8.73. The van der Waals surface area contributed by atoms with Crippen molar-refractivity contribution >= 4 is 17.9 Å². The first-order valence-corrected chi connectivity index (χ1v) is 18.7. The third-order valence-corrected chi connectivity index (χ3v) is 9.50. The van der Waals surface area contributed by atoms with Crippen molar-refractivity contribution in [2.24, 2.45) is 0 Å². The second kappa shape index (κ2) is 21.3. The standard InChI is InChI=1S/C43H52O14/c1-7-43(27-52-28(2)44)40(54-30(4)46)37(47-5)39(53-29(3)45)42(57-43)56-35-34(26-49-23-31-17-11-8-12-18-31)55-41(48-6)38(51-25-33-21-15-10-16-22-33)36(35)50-24-32-19-13-9-14-20-32/h7-22,34-42H,1,23-27H2,2-6H3. The number of hydrogen-bond donors (Lipinski definition) is 0. The fraction of sp³-hybridized carbons (Fsp3) is 0.465. The van der Waals surface area contributed by atoms with Crippen LogP contribution in [-0.4, -0.2) is 106 Å². The lowest BCUT2D eigenvalue weighted by Crippen LogP contribution is -2.70. The second-order valence-electron chi connectivity index (χ2n) is 13.6. The fourth-order valence-electron chi connectivity index (χ4n) is 6.82. The van der Waals surface area contributed by atoms with E-state index >= 15 is 0 Å². The zero-order valence-electron chi connectivity index (χ0n) is 32.9. The molecule has 0 spiro atoms. The molecule has 0 aromatic heterocycles. The van der Waals surface area contributed by atoms with Gasteiger partial charge in [-0.25, -0.2) is 0 Å². The first-order valence-electron chi connectivity index (χ1n) is 18.7. The molecule has 3 aromatic rings. The van der Waals surface area contributed by atoms with Gasteiger partial charge in [0.05, 0.1) is 26.4 Å². The minimum atomic E-state index is -1.74. The lowest BCUT2D eigenvalue weighted by molar-refractivity contribution is -0.377. The molecule has 3 aromatic carbocycles. The molecule has 10 unspecified atom stereocenters. The fourth-order valence-corrected chi connectivity index (χ4v) is 6.82. The van der Waals surface area contributed by atoms with Crippen molar-refractivity contribution in [1.29, 1.82) is 0 Å². The van der Waals surface area contributed by atoms with E-state index in [4.69, 9.17) is 52.1 Å². The van der Waals surface area contributed by atoms with Gasteiger partial charge < -0.3 is 52.1 Å². The predicted octanol–water partition coefficient (Wildman–Crippen LogP) is 4.85. The van der Waals surface area contributed by atoms with E-state index in [0.717, 1.165) is 16.7 Å². The number of esters is 3. The summed E-state index contributed by atoms with van der Waals surface area (Å²) in [6.45, 7) is 7.68. The molecule has 0 aliphatic carbocycles. The Kier molecular flexibility index (Phi) is 16.3. The van der Waals surface area contributed by atoms with Crippen LogP contribution in [0.2, 0.25) is 0 Å². The SMILES string of the molecule is C=CC1(COC(C)=O)OC(OC2C(COCc3ccccc3)OC(OC)C(OCc3ccccc3)C2OCc2ccccc2)C(OC(C)=O)C(OC)C1OC(C)=O. The van der Waals surface area contributed by atoms with Crippen LogP contribution in [0.15, 0.2) is 104 Å². The third-order valence-electron chi connectivity index (χ3n) is 9.50. The summed E-state index contributed by atoms with van der Waals surface area (Å²) < 4.78 is 68.4. The molecule has 2 aliphatic heterocycles. The second-order valence-corrected chi connectivity index (χ2v) is 13.6. The number of rotatable bonds is 19. The van der Waals surface area contributed by atoms with Gasteiger partial charge in [0, 0.05) is 35.0 Å². The highest BCUT2D eigenvalue weighted by Gasteiger charge is 2.60. The summed E-state index contributed by atoms with van der Waals surface area (Å²) in [4.78, 5) is 37.3. The van der Waals surface area contributed by atoms with E-state index in [1.54, 1.807) is 0 Å². The van der Waals surface area contributed by atoms with E-state index in [1.165, 1.54) is 41.1 Å². The quantitative estimate of drug-likeness (QED) is 0.0924. The Morgan fingerprint density at radius 3 is 1.68 bits per heavy atom. The molecule has 2 heterocycles. The Labute approximate surface area is 333 Å². The van der Waals surface area contributed by atoms with Crippen LogP contribution >= 0.6 is 0 Å². The molecule has 0 N–H and O–H groups in total. The smallest absolute Gasteiger partial charge is 0.303 e. The first kappa shape index (κ1) is 43.6. The molecule has 10 atom stereocenters. The molecule has 308 valence electrons. The van der Waals surface area contributed by atoms with Crippen LogP contribution in [0.3, 0.4) is 0 Å². The molecule has 5 rings (SSSR count). The first-order chi connectivity index (χ1) is 27.6. The van der Waals surface area contributed by atoms with Gasteiger partial charge in [0.2, 0.25) is 0 Å². The monoisotopic (exact) mass is 792 g/mol. The molecule has 14 nitrogen and oxygen atoms in total. The Balaban J connectivity index is 1.58. The van der Waals surface area contributed by atoms with Gasteiger partial charge in [0.1, 0.15) is 37.1 Å². The molecule has 2 fully saturated rings. The number of methoxy groups -OCH3 is 2. The van der Waals surface area contributed by atoms with Crippen LogP contribution in [0.5, 0.6) is 0 Å². The largest absolute Gasteiger partial charge is 0.462 e. The summed E-state index contributed by atoms with van der Waals surface area (Å²) in [5, 5.41) is 0. The van der Waals surface area contributed by atoms with Crippen molar-refractivity contribution in [3.8, 4) is 0 Å². The molecule has 0 bridgehead atoms. The lowest BCUT2D eigenvalue weighted by atomic mass is 9.86. The van der Waals surface area contributed by atoms with Crippen molar-refractivity contribution < 1.29 is 66.5 Å². The zero-order valence-corrected chi connectivity index (χ0v) is 32.9. The number of ether oxygens (including phenoxy) is 11. The molecule has 0 amide bonds. The van der Waals surface area contributed by atoms with Crippen LogP contribution in [-0.2, 0) is 86.3 Å². The van der Waals surface area contributed by atoms with E-state index in [-0.39, 0.29) is 26.4 Å². The normalized spacial score (nSPS) is 28.5. The molecular formula is C43H52O14. The highest BCUT2D eigenvalue weighted by atomic mass is 16.8. The van der Waals surface area contributed by atoms with E-state index in [1.807, 2.05) is 91.0 Å². The van der Waals surface area contributed by atoms with Crippen molar-refractivity contribution in [1.82, 2.24) is 0 Å². The van der Waals surface area contributed by atoms with Crippen LogP contribution in [0.25, 0.3) is 0 Å². The van der Waals surface area contributed by atoms with Crippen molar-refractivity contribution in [3.05, 3.63) is 120 Å². The summed E-state index contributed by atoms with van der Waals surface area (Å²) in [7, 11) is 2.86. The topological polar surface area (TPSA) is 153 Å². The predicted molar refractivity (Wildman–Crippen MR) is 203 cm³/mol. The average molecular weight is 793 g/mol. The third kappa shape index (κ3) is 11.8. The van der Waals surface area contributed by atoms with Gasteiger partial charge in [-0.05, 0) is 16.7 Å². The molecule has 14 heteroatoms. The summed E-state index contributed by atoms with van der Waals surface area (Å²) in [5.74, 6) is -2.03.